The van der Waals surface area contributed by atoms with E-state index in [-0.39, 0.29) is 12.0 Å². The summed E-state index contributed by atoms with van der Waals surface area (Å²) in [5.74, 6) is 0.663. The summed E-state index contributed by atoms with van der Waals surface area (Å²) in [6.45, 7) is 6.67. The summed E-state index contributed by atoms with van der Waals surface area (Å²) in [4.78, 5) is 22.4. The lowest BCUT2D eigenvalue weighted by Gasteiger charge is -2.12. The smallest absolute Gasteiger partial charge is 0.253 e. The second-order valence-corrected chi connectivity index (χ2v) is 7.92. The van der Waals surface area contributed by atoms with E-state index in [1.165, 1.54) is 4.88 Å². The lowest BCUT2D eigenvalue weighted by molar-refractivity contribution is -0.124. The van der Waals surface area contributed by atoms with Crippen LogP contribution in [-0.2, 0) is 22.6 Å². The van der Waals surface area contributed by atoms with Crippen LogP contribution in [0.25, 0.3) is 0 Å². The van der Waals surface area contributed by atoms with Crippen molar-refractivity contribution in [3.8, 4) is 0 Å². The van der Waals surface area contributed by atoms with Crippen LogP contribution in [0.15, 0.2) is 35.5 Å². The van der Waals surface area contributed by atoms with Crippen molar-refractivity contribution in [2.45, 2.75) is 45.9 Å². The number of rotatable bonds is 7. The number of anilines is 1. The summed E-state index contributed by atoms with van der Waals surface area (Å²) in [7, 11) is 0. The molecule has 1 fully saturated rings. The molecule has 2 aromatic rings. The first-order valence-electron chi connectivity index (χ1n) is 9.59. The Hall–Kier alpha value is -2.45. The molecule has 1 aliphatic rings. The highest BCUT2D eigenvalue weighted by molar-refractivity contribution is 7.11. The van der Waals surface area contributed by atoms with Gasteiger partial charge < -0.3 is 20.7 Å². The SMILES string of the molecule is CCNC(=NCc1cccc(NC(=O)C2CCCO2)c1)NCc1ncc(C)s1. The Kier molecular flexibility index (Phi) is 7.39. The highest BCUT2D eigenvalue weighted by Crippen LogP contribution is 2.16. The maximum atomic E-state index is 12.2. The number of hydrogen-bond acceptors (Lipinski definition) is 5. The van der Waals surface area contributed by atoms with Crippen LogP contribution < -0.4 is 16.0 Å². The normalized spacial score (nSPS) is 16.8. The molecule has 28 heavy (non-hydrogen) atoms. The standard InChI is InChI=1S/C20H27N5O2S/c1-3-21-20(24-13-18-22-11-14(2)28-18)23-12-15-6-4-7-16(10-15)25-19(26)17-8-5-9-27-17/h4,6-7,10-11,17H,3,5,8-9,12-13H2,1-2H3,(H,25,26)(H2,21,23,24). The summed E-state index contributed by atoms with van der Waals surface area (Å²) in [5, 5.41) is 10.5. The number of hydrogen-bond donors (Lipinski definition) is 3. The molecule has 1 aliphatic heterocycles. The third-order valence-corrected chi connectivity index (χ3v) is 5.17. The van der Waals surface area contributed by atoms with Crippen LogP contribution in [0.3, 0.4) is 0 Å². The number of guanidine groups is 1. The van der Waals surface area contributed by atoms with Gasteiger partial charge in [-0.1, -0.05) is 12.1 Å². The number of amides is 1. The number of thiazole rings is 1. The second kappa shape index (κ2) is 10.2. The second-order valence-electron chi connectivity index (χ2n) is 6.60. The molecule has 3 rings (SSSR count). The van der Waals surface area contributed by atoms with Gasteiger partial charge in [-0.3, -0.25) is 4.79 Å². The molecule has 0 saturated carbocycles. The summed E-state index contributed by atoms with van der Waals surface area (Å²) < 4.78 is 5.43. The molecule has 1 amide bonds. The molecule has 0 spiro atoms. The van der Waals surface area contributed by atoms with Crippen LogP contribution in [0.1, 0.15) is 35.2 Å². The molecule has 2 heterocycles. The minimum atomic E-state index is -0.333. The fourth-order valence-electron chi connectivity index (χ4n) is 2.91. The van der Waals surface area contributed by atoms with Crippen molar-refractivity contribution in [3.05, 3.63) is 45.9 Å². The first-order valence-corrected chi connectivity index (χ1v) is 10.4. The minimum absolute atomic E-state index is 0.0769. The molecular formula is C20H27N5O2S. The largest absolute Gasteiger partial charge is 0.368 e. The van der Waals surface area contributed by atoms with Gasteiger partial charge in [0, 0.05) is 29.9 Å². The van der Waals surface area contributed by atoms with Gasteiger partial charge in [0.2, 0.25) is 0 Å². The topological polar surface area (TPSA) is 87.6 Å². The molecule has 7 nitrogen and oxygen atoms in total. The third kappa shape index (κ3) is 6.03. The number of benzene rings is 1. The number of carbonyl (C=O) groups is 1. The molecule has 1 atom stereocenters. The predicted octanol–water partition coefficient (Wildman–Crippen LogP) is 2.82. The van der Waals surface area contributed by atoms with E-state index in [1.807, 2.05) is 44.3 Å². The van der Waals surface area contributed by atoms with E-state index in [1.54, 1.807) is 11.3 Å². The van der Waals surface area contributed by atoms with Gasteiger partial charge >= 0.3 is 0 Å². The molecule has 0 aliphatic carbocycles. The quantitative estimate of drug-likeness (QED) is 0.491. The Morgan fingerprint density at radius 2 is 2.29 bits per heavy atom. The zero-order chi connectivity index (χ0) is 19.8. The summed E-state index contributed by atoms with van der Waals surface area (Å²) in [6, 6.07) is 7.76. The first kappa shape index (κ1) is 20.3. The van der Waals surface area contributed by atoms with Gasteiger partial charge in [-0.05, 0) is 44.4 Å². The molecule has 0 radical (unpaired) electrons. The van der Waals surface area contributed by atoms with Crippen LogP contribution in [0.5, 0.6) is 0 Å². The van der Waals surface area contributed by atoms with E-state index < -0.39 is 0 Å². The molecule has 8 heteroatoms. The Labute approximate surface area is 169 Å². The zero-order valence-corrected chi connectivity index (χ0v) is 17.1. The number of ether oxygens (including phenoxy) is 1. The maximum Gasteiger partial charge on any atom is 0.253 e. The lowest BCUT2D eigenvalue weighted by atomic mass is 10.2. The number of carbonyl (C=O) groups excluding carboxylic acids is 1. The van der Waals surface area contributed by atoms with Crippen LogP contribution in [0.4, 0.5) is 5.69 Å². The van der Waals surface area contributed by atoms with E-state index in [0.29, 0.717) is 19.7 Å². The Balaban J connectivity index is 1.57. The van der Waals surface area contributed by atoms with Gasteiger partial charge in [-0.15, -0.1) is 11.3 Å². The monoisotopic (exact) mass is 401 g/mol. The molecule has 1 saturated heterocycles. The molecule has 1 aromatic carbocycles. The molecule has 3 N–H and O–H groups in total. The Morgan fingerprint density at radius 1 is 1.39 bits per heavy atom. The first-order chi connectivity index (χ1) is 13.6. The van der Waals surface area contributed by atoms with E-state index in [0.717, 1.165) is 41.6 Å². The summed E-state index contributed by atoms with van der Waals surface area (Å²) in [6.07, 6.45) is 3.27. The van der Waals surface area contributed by atoms with Crippen LogP contribution in [0, 0.1) is 6.92 Å². The predicted molar refractivity (Wildman–Crippen MR) is 113 cm³/mol. The van der Waals surface area contributed by atoms with Crippen molar-refractivity contribution in [1.29, 1.82) is 0 Å². The van der Waals surface area contributed by atoms with Gasteiger partial charge in [0.1, 0.15) is 11.1 Å². The minimum Gasteiger partial charge on any atom is -0.368 e. The van der Waals surface area contributed by atoms with E-state index in [9.17, 15) is 4.79 Å². The number of nitrogens with zero attached hydrogens (tertiary/aromatic N) is 2. The summed E-state index contributed by atoms with van der Waals surface area (Å²) in [5.41, 5.74) is 1.79. The lowest BCUT2D eigenvalue weighted by Crippen LogP contribution is -2.36. The number of aliphatic imine (C=N–C) groups is 1. The van der Waals surface area contributed by atoms with Crippen molar-refractivity contribution in [2.75, 3.05) is 18.5 Å². The number of aryl methyl sites for hydroxylation is 1. The van der Waals surface area contributed by atoms with E-state index >= 15 is 0 Å². The Morgan fingerprint density at radius 3 is 3.00 bits per heavy atom. The van der Waals surface area contributed by atoms with Crippen molar-refractivity contribution in [2.24, 2.45) is 4.99 Å². The summed E-state index contributed by atoms with van der Waals surface area (Å²) >= 11 is 1.67. The van der Waals surface area contributed by atoms with Crippen LogP contribution in [-0.4, -0.2) is 36.1 Å². The average molecular weight is 402 g/mol. The van der Waals surface area contributed by atoms with Crippen molar-refractivity contribution in [3.63, 3.8) is 0 Å². The van der Waals surface area contributed by atoms with Crippen molar-refractivity contribution < 1.29 is 9.53 Å². The van der Waals surface area contributed by atoms with Crippen LogP contribution >= 0.6 is 11.3 Å². The fourth-order valence-corrected chi connectivity index (χ4v) is 3.64. The highest BCUT2D eigenvalue weighted by atomic mass is 32.1. The van der Waals surface area contributed by atoms with Gasteiger partial charge in [-0.25, -0.2) is 9.98 Å². The van der Waals surface area contributed by atoms with Crippen LogP contribution in [0.2, 0.25) is 0 Å². The third-order valence-electron chi connectivity index (χ3n) is 4.26. The molecule has 0 bridgehead atoms. The van der Waals surface area contributed by atoms with Gasteiger partial charge in [0.25, 0.3) is 5.91 Å². The Bertz CT molecular complexity index is 814. The zero-order valence-electron chi connectivity index (χ0n) is 16.3. The molecule has 1 aromatic heterocycles. The van der Waals surface area contributed by atoms with Gasteiger partial charge in [-0.2, -0.15) is 0 Å². The van der Waals surface area contributed by atoms with Crippen molar-refractivity contribution >= 4 is 28.9 Å². The fraction of sp³-hybridized carbons (Fsp3) is 0.450. The number of nitrogens with one attached hydrogen (secondary N) is 3. The van der Waals surface area contributed by atoms with E-state index in [2.05, 4.69) is 25.9 Å². The van der Waals surface area contributed by atoms with Gasteiger partial charge in [0.15, 0.2) is 5.96 Å². The van der Waals surface area contributed by atoms with Crippen molar-refractivity contribution in [1.82, 2.24) is 15.6 Å². The average Bonchev–Trinajstić information content (AvgIpc) is 3.36. The molecule has 1 unspecified atom stereocenters. The molecular weight excluding hydrogens is 374 g/mol. The number of aromatic nitrogens is 1. The highest BCUT2D eigenvalue weighted by Gasteiger charge is 2.23. The van der Waals surface area contributed by atoms with E-state index in [4.69, 9.17) is 4.74 Å². The molecule has 150 valence electrons. The maximum absolute atomic E-state index is 12.2. The van der Waals surface area contributed by atoms with Gasteiger partial charge in [0.05, 0.1) is 13.1 Å².